The first kappa shape index (κ1) is 35.5. The van der Waals surface area contributed by atoms with E-state index in [1.54, 1.807) is 0 Å². The van der Waals surface area contributed by atoms with E-state index in [0.29, 0.717) is 17.6 Å². The number of hydrogen-bond acceptors (Lipinski definition) is 3. The molecule has 0 fully saturated rings. The molecule has 12 aromatic rings. The summed E-state index contributed by atoms with van der Waals surface area (Å²) in [5.41, 5.74) is 14.1. The van der Waals surface area contributed by atoms with Gasteiger partial charge in [-0.3, -0.25) is 4.57 Å². The van der Waals surface area contributed by atoms with E-state index in [-0.39, 0.29) is 0 Å². The molecule has 0 unspecified atom stereocenters. The Bertz CT molecular complexity index is 3470. The molecule has 0 aliphatic heterocycles. The van der Waals surface area contributed by atoms with Crippen molar-refractivity contribution in [3.05, 3.63) is 224 Å². The standard InChI is InChI=1S/C57H37N5/c1-4-14-38(15-5-1)41-24-28-44(29-25-41)55-58-56(45-30-26-42(27-31-45)39-16-6-2-7-17-39)60-57(59-55)62-52-23-13-11-21-48(52)50-37-36-49-47-20-10-12-22-51(47)61(53(49)54(50)62)46-34-32-43(33-35-46)40-18-8-3-9-19-40/h1-37H. The summed E-state index contributed by atoms with van der Waals surface area (Å²) in [6.07, 6.45) is 0. The summed E-state index contributed by atoms with van der Waals surface area (Å²) in [5, 5.41) is 4.60. The zero-order chi connectivity index (χ0) is 41.0. The van der Waals surface area contributed by atoms with Gasteiger partial charge in [0.25, 0.3) is 0 Å². The molecule has 0 aliphatic carbocycles. The maximum absolute atomic E-state index is 5.38. The third-order valence-corrected chi connectivity index (χ3v) is 12.0. The van der Waals surface area contributed by atoms with Crippen LogP contribution < -0.4 is 0 Å². The normalized spacial score (nSPS) is 11.5. The van der Waals surface area contributed by atoms with E-state index in [1.807, 2.05) is 12.1 Å². The van der Waals surface area contributed by atoms with Crippen LogP contribution in [0.1, 0.15) is 0 Å². The van der Waals surface area contributed by atoms with Crippen LogP contribution in [0.15, 0.2) is 224 Å². The van der Waals surface area contributed by atoms with Gasteiger partial charge in [-0.15, -0.1) is 0 Å². The minimum Gasteiger partial charge on any atom is -0.307 e. The minimum atomic E-state index is 0.555. The minimum absolute atomic E-state index is 0.555. The molecule has 9 aromatic carbocycles. The van der Waals surface area contributed by atoms with Gasteiger partial charge in [0.1, 0.15) is 0 Å². The molecule has 62 heavy (non-hydrogen) atoms. The van der Waals surface area contributed by atoms with Gasteiger partial charge in [-0.05, 0) is 57.6 Å². The number of hydrogen-bond donors (Lipinski definition) is 0. The van der Waals surface area contributed by atoms with Gasteiger partial charge in [-0.2, -0.15) is 9.97 Å². The molecule has 0 amide bonds. The number of aromatic nitrogens is 5. The van der Waals surface area contributed by atoms with Crippen LogP contribution in [0.3, 0.4) is 0 Å². The molecule has 290 valence electrons. The first-order chi connectivity index (χ1) is 30.7. The fraction of sp³-hybridized carbons (Fsp3) is 0. The molecule has 0 spiro atoms. The zero-order valence-corrected chi connectivity index (χ0v) is 33.6. The summed E-state index contributed by atoms with van der Waals surface area (Å²) < 4.78 is 4.66. The van der Waals surface area contributed by atoms with Gasteiger partial charge >= 0.3 is 0 Å². The van der Waals surface area contributed by atoms with Crippen LogP contribution in [0.5, 0.6) is 0 Å². The topological polar surface area (TPSA) is 48.5 Å². The Morgan fingerprint density at radius 1 is 0.242 bits per heavy atom. The molecule has 0 radical (unpaired) electrons. The predicted octanol–water partition coefficient (Wildman–Crippen LogP) is 14.4. The van der Waals surface area contributed by atoms with Crippen molar-refractivity contribution in [3.8, 4) is 67.8 Å². The molecule has 3 aromatic heterocycles. The van der Waals surface area contributed by atoms with E-state index >= 15 is 0 Å². The highest BCUT2D eigenvalue weighted by Gasteiger charge is 2.23. The number of para-hydroxylation sites is 2. The largest absolute Gasteiger partial charge is 0.307 e. The molecule has 3 heterocycles. The van der Waals surface area contributed by atoms with Crippen molar-refractivity contribution >= 4 is 43.6 Å². The van der Waals surface area contributed by atoms with Crippen molar-refractivity contribution < 1.29 is 0 Å². The van der Waals surface area contributed by atoms with Crippen LogP contribution in [0, 0.1) is 0 Å². The lowest BCUT2D eigenvalue weighted by atomic mass is 10.0. The van der Waals surface area contributed by atoms with Gasteiger partial charge in [0.2, 0.25) is 5.95 Å². The Morgan fingerprint density at radius 2 is 0.581 bits per heavy atom. The smallest absolute Gasteiger partial charge is 0.238 e. The number of nitrogens with zero attached hydrogens (tertiary/aromatic N) is 5. The van der Waals surface area contributed by atoms with Gasteiger partial charge < -0.3 is 4.57 Å². The number of benzene rings is 9. The molecule has 12 rings (SSSR count). The first-order valence-corrected chi connectivity index (χ1v) is 20.9. The van der Waals surface area contributed by atoms with E-state index < -0.39 is 0 Å². The van der Waals surface area contributed by atoms with Crippen LogP contribution in [-0.2, 0) is 0 Å². The fourth-order valence-corrected chi connectivity index (χ4v) is 9.02. The van der Waals surface area contributed by atoms with Gasteiger partial charge in [0.05, 0.1) is 22.1 Å². The Labute approximate surface area is 358 Å². The van der Waals surface area contributed by atoms with E-state index in [2.05, 4.69) is 221 Å². The van der Waals surface area contributed by atoms with Crippen LogP contribution in [0.4, 0.5) is 0 Å². The summed E-state index contributed by atoms with van der Waals surface area (Å²) in [5.74, 6) is 1.76. The average molecular weight is 792 g/mol. The lowest BCUT2D eigenvalue weighted by molar-refractivity contribution is 0.953. The summed E-state index contributed by atoms with van der Waals surface area (Å²) in [6, 6.07) is 79.2. The summed E-state index contributed by atoms with van der Waals surface area (Å²) in [6.45, 7) is 0. The zero-order valence-electron chi connectivity index (χ0n) is 33.6. The molecule has 0 saturated carbocycles. The van der Waals surface area contributed by atoms with Crippen LogP contribution in [0.2, 0.25) is 0 Å². The van der Waals surface area contributed by atoms with Crippen molar-refractivity contribution in [2.24, 2.45) is 0 Å². The molecule has 0 aliphatic rings. The monoisotopic (exact) mass is 791 g/mol. The number of fused-ring (bicyclic) bond motifs is 7. The van der Waals surface area contributed by atoms with E-state index in [4.69, 9.17) is 15.0 Å². The SMILES string of the molecule is c1ccc(-c2ccc(-c3nc(-c4ccc(-c5ccccc5)cc4)nc(-n4c5ccccc5c5ccc6c7ccccc7n(-c7ccc(-c8ccccc8)cc7)c6c54)n3)cc2)cc1. The molecular weight excluding hydrogens is 755 g/mol. The lowest BCUT2D eigenvalue weighted by Gasteiger charge is -2.14. The Balaban J connectivity index is 1.12. The molecule has 0 saturated heterocycles. The van der Waals surface area contributed by atoms with Gasteiger partial charge in [-0.1, -0.05) is 200 Å². The van der Waals surface area contributed by atoms with Crippen molar-refractivity contribution in [2.75, 3.05) is 0 Å². The highest BCUT2D eigenvalue weighted by atomic mass is 15.2. The molecule has 0 atom stereocenters. The lowest BCUT2D eigenvalue weighted by Crippen LogP contribution is -2.07. The summed E-state index contributed by atoms with van der Waals surface area (Å²) in [7, 11) is 0. The molecular formula is C57H37N5. The maximum Gasteiger partial charge on any atom is 0.238 e. The van der Waals surface area contributed by atoms with Gasteiger partial charge in [0.15, 0.2) is 11.6 Å². The molecule has 0 N–H and O–H groups in total. The van der Waals surface area contributed by atoms with Crippen LogP contribution in [0.25, 0.3) is 111 Å². The third kappa shape index (κ3) is 5.98. The van der Waals surface area contributed by atoms with Gasteiger partial charge in [-0.25, -0.2) is 4.98 Å². The molecule has 5 heteroatoms. The molecule has 0 bridgehead atoms. The summed E-state index contributed by atoms with van der Waals surface area (Å²) >= 11 is 0. The maximum atomic E-state index is 5.38. The quantitative estimate of drug-likeness (QED) is 0.162. The van der Waals surface area contributed by atoms with Crippen LogP contribution in [-0.4, -0.2) is 24.1 Å². The second-order valence-corrected chi connectivity index (χ2v) is 15.6. The van der Waals surface area contributed by atoms with Crippen molar-refractivity contribution in [3.63, 3.8) is 0 Å². The second kappa shape index (κ2) is 14.7. The molecule has 5 nitrogen and oxygen atoms in total. The van der Waals surface area contributed by atoms with Crippen LogP contribution >= 0.6 is 0 Å². The summed E-state index contributed by atoms with van der Waals surface area (Å²) in [4.78, 5) is 16.0. The highest BCUT2D eigenvalue weighted by molar-refractivity contribution is 6.23. The predicted molar refractivity (Wildman–Crippen MR) is 256 cm³/mol. The van der Waals surface area contributed by atoms with Crippen molar-refractivity contribution in [2.45, 2.75) is 0 Å². The van der Waals surface area contributed by atoms with Crippen molar-refractivity contribution in [1.82, 2.24) is 24.1 Å². The van der Waals surface area contributed by atoms with E-state index in [0.717, 1.165) is 77.3 Å². The van der Waals surface area contributed by atoms with E-state index in [9.17, 15) is 0 Å². The van der Waals surface area contributed by atoms with Crippen molar-refractivity contribution in [1.29, 1.82) is 0 Å². The highest BCUT2D eigenvalue weighted by Crippen LogP contribution is 2.42. The second-order valence-electron chi connectivity index (χ2n) is 15.6. The third-order valence-electron chi connectivity index (χ3n) is 12.0. The Kier molecular flexibility index (Phi) is 8.42. The Morgan fingerprint density at radius 3 is 1.03 bits per heavy atom. The average Bonchev–Trinajstić information content (AvgIpc) is 3.88. The first-order valence-electron chi connectivity index (χ1n) is 20.9. The van der Waals surface area contributed by atoms with E-state index in [1.165, 1.54) is 16.5 Å². The fourth-order valence-electron chi connectivity index (χ4n) is 9.02. The number of rotatable bonds is 7. The van der Waals surface area contributed by atoms with Gasteiger partial charge in [0, 0.05) is 38.4 Å². The Hall–Kier alpha value is -8.41.